The molecule has 1 amide bonds. The van der Waals surface area contributed by atoms with Crippen LogP contribution in [0.2, 0.25) is 0 Å². The molecule has 0 saturated carbocycles. The van der Waals surface area contributed by atoms with Crippen LogP contribution >= 0.6 is 0 Å². The standard InChI is InChI=1S/C22H28N2O2/c1-22(2,3)26-21(25)23-16-14-20(15-17-23)24(18-10-6-4-7-11-18)19-12-8-5-9-13-19/h4-13,20H,14-17H2,1-3H3. The van der Waals surface area contributed by atoms with Crippen molar-refractivity contribution in [2.45, 2.75) is 45.3 Å². The summed E-state index contributed by atoms with van der Waals surface area (Å²) in [6.45, 7) is 7.16. The number of hydrogen-bond acceptors (Lipinski definition) is 3. The Kier molecular flexibility index (Phi) is 5.50. The Morgan fingerprint density at radius 1 is 0.923 bits per heavy atom. The van der Waals surface area contributed by atoms with Gasteiger partial charge < -0.3 is 14.5 Å². The summed E-state index contributed by atoms with van der Waals surface area (Å²) in [5, 5.41) is 0. The molecule has 0 radical (unpaired) electrons. The maximum Gasteiger partial charge on any atom is 0.410 e. The van der Waals surface area contributed by atoms with Crippen molar-refractivity contribution in [2.75, 3.05) is 18.0 Å². The smallest absolute Gasteiger partial charge is 0.410 e. The molecule has 1 heterocycles. The Bertz CT molecular complexity index is 662. The van der Waals surface area contributed by atoms with Crippen molar-refractivity contribution in [1.29, 1.82) is 0 Å². The molecule has 0 unspecified atom stereocenters. The van der Waals surface area contributed by atoms with Crippen LogP contribution in [0, 0.1) is 0 Å². The third-order valence-corrected chi connectivity index (χ3v) is 4.55. The van der Waals surface area contributed by atoms with Crippen LogP contribution < -0.4 is 4.90 Å². The Hall–Kier alpha value is -2.49. The third-order valence-electron chi connectivity index (χ3n) is 4.55. The number of nitrogens with zero attached hydrogens (tertiary/aromatic N) is 2. The second kappa shape index (κ2) is 7.81. The molecule has 3 rings (SSSR count). The third kappa shape index (κ3) is 4.57. The number of carbonyl (C=O) groups excluding carboxylic acids is 1. The summed E-state index contributed by atoms with van der Waals surface area (Å²) in [4.78, 5) is 16.5. The first-order chi connectivity index (χ1) is 12.4. The summed E-state index contributed by atoms with van der Waals surface area (Å²) < 4.78 is 5.52. The Labute approximate surface area is 156 Å². The fraction of sp³-hybridized carbons (Fsp3) is 0.409. The summed E-state index contributed by atoms with van der Waals surface area (Å²) in [6.07, 6.45) is 1.63. The van der Waals surface area contributed by atoms with E-state index in [-0.39, 0.29) is 6.09 Å². The second-order valence-corrected chi connectivity index (χ2v) is 7.74. The lowest BCUT2D eigenvalue weighted by Crippen LogP contribution is -2.46. The molecule has 0 atom stereocenters. The number of ether oxygens (including phenoxy) is 1. The van der Waals surface area contributed by atoms with Crippen molar-refractivity contribution in [1.82, 2.24) is 4.90 Å². The number of benzene rings is 2. The van der Waals surface area contributed by atoms with Crippen LogP contribution in [0.15, 0.2) is 60.7 Å². The average molecular weight is 352 g/mol. The highest BCUT2D eigenvalue weighted by molar-refractivity contribution is 5.69. The fourth-order valence-electron chi connectivity index (χ4n) is 3.38. The molecule has 0 aliphatic carbocycles. The summed E-state index contributed by atoms with van der Waals surface area (Å²) >= 11 is 0. The first-order valence-electron chi connectivity index (χ1n) is 9.31. The molecule has 0 aromatic heterocycles. The monoisotopic (exact) mass is 352 g/mol. The number of piperidine rings is 1. The predicted octanol–water partition coefficient (Wildman–Crippen LogP) is 5.22. The lowest BCUT2D eigenvalue weighted by atomic mass is 10.0. The van der Waals surface area contributed by atoms with Gasteiger partial charge in [-0.3, -0.25) is 0 Å². The molecule has 0 bridgehead atoms. The van der Waals surface area contributed by atoms with Gasteiger partial charge in [-0.2, -0.15) is 0 Å². The number of carbonyl (C=O) groups is 1. The summed E-state index contributed by atoms with van der Waals surface area (Å²) in [7, 11) is 0. The van der Waals surface area contributed by atoms with E-state index in [1.54, 1.807) is 0 Å². The van der Waals surface area contributed by atoms with Gasteiger partial charge in [-0.1, -0.05) is 36.4 Å². The minimum Gasteiger partial charge on any atom is -0.444 e. The summed E-state index contributed by atoms with van der Waals surface area (Å²) in [6, 6.07) is 21.3. The molecule has 4 heteroatoms. The van der Waals surface area contributed by atoms with Gasteiger partial charge in [0.15, 0.2) is 0 Å². The average Bonchev–Trinajstić information content (AvgIpc) is 2.63. The van der Waals surface area contributed by atoms with E-state index in [1.165, 1.54) is 11.4 Å². The van der Waals surface area contributed by atoms with Crippen molar-refractivity contribution in [3.05, 3.63) is 60.7 Å². The van der Waals surface area contributed by atoms with Gasteiger partial charge in [0.05, 0.1) is 0 Å². The molecule has 1 aliphatic heterocycles. The van der Waals surface area contributed by atoms with Gasteiger partial charge in [0.1, 0.15) is 5.60 Å². The lowest BCUT2D eigenvalue weighted by molar-refractivity contribution is 0.0206. The highest BCUT2D eigenvalue weighted by Crippen LogP contribution is 2.32. The van der Waals surface area contributed by atoms with E-state index in [4.69, 9.17) is 4.74 Å². The van der Waals surface area contributed by atoms with E-state index in [0.717, 1.165) is 25.9 Å². The second-order valence-electron chi connectivity index (χ2n) is 7.74. The summed E-state index contributed by atoms with van der Waals surface area (Å²) in [5.41, 5.74) is 1.93. The van der Waals surface area contributed by atoms with Gasteiger partial charge >= 0.3 is 6.09 Å². The van der Waals surface area contributed by atoms with Crippen LogP contribution in [0.4, 0.5) is 16.2 Å². The van der Waals surface area contributed by atoms with Crippen LogP contribution in [0.5, 0.6) is 0 Å². The zero-order valence-electron chi connectivity index (χ0n) is 15.9. The van der Waals surface area contributed by atoms with Crippen molar-refractivity contribution in [2.24, 2.45) is 0 Å². The number of para-hydroxylation sites is 2. The predicted molar refractivity (Wildman–Crippen MR) is 106 cm³/mol. The molecule has 26 heavy (non-hydrogen) atoms. The fourth-order valence-corrected chi connectivity index (χ4v) is 3.38. The van der Waals surface area contributed by atoms with Gasteiger partial charge in [0, 0.05) is 30.5 Å². The molecular weight excluding hydrogens is 324 g/mol. The zero-order chi connectivity index (χ0) is 18.6. The first kappa shape index (κ1) is 18.3. The highest BCUT2D eigenvalue weighted by Gasteiger charge is 2.30. The van der Waals surface area contributed by atoms with E-state index in [0.29, 0.717) is 6.04 Å². The largest absolute Gasteiger partial charge is 0.444 e. The van der Waals surface area contributed by atoms with Crippen LogP contribution in [0.1, 0.15) is 33.6 Å². The minimum atomic E-state index is -0.450. The number of hydrogen-bond donors (Lipinski definition) is 0. The van der Waals surface area contributed by atoms with Crippen molar-refractivity contribution in [3.8, 4) is 0 Å². The Morgan fingerprint density at radius 2 is 1.38 bits per heavy atom. The number of amides is 1. The van der Waals surface area contributed by atoms with Gasteiger partial charge in [-0.15, -0.1) is 0 Å². The Balaban J connectivity index is 1.73. The maximum absolute atomic E-state index is 12.3. The van der Waals surface area contributed by atoms with Gasteiger partial charge in [-0.05, 0) is 57.9 Å². The molecule has 4 nitrogen and oxygen atoms in total. The SMILES string of the molecule is CC(C)(C)OC(=O)N1CCC(N(c2ccccc2)c2ccccc2)CC1. The Morgan fingerprint density at radius 3 is 1.81 bits per heavy atom. The van der Waals surface area contributed by atoms with Crippen molar-refractivity contribution < 1.29 is 9.53 Å². The van der Waals surface area contributed by atoms with Gasteiger partial charge in [0.2, 0.25) is 0 Å². The van der Waals surface area contributed by atoms with Crippen LogP contribution in [-0.2, 0) is 4.74 Å². The van der Waals surface area contributed by atoms with E-state index in [1.807, 2.05) is 37.8 Å². The molecule has 2 aromatic rings. The lowest BCUT2D eigenvalue weighted by Gasteiger charge is -2.40. The molecule has 0 N–H and O–H groups in total. The van der Waals surface area contributed by atoms with Crippen LogP contribution in [0.3, 0.4) is 0 Å². The number of rotatable bonds is 3. The summed E-state index contributed by atoms with van der Waals surface area (Å²) in [5.74, 6) is 0. The zero-order valence-corrected chi connectivity index (χ0v) is 15.9. The minimum absolute atomic E-state index is 0.207. The van der Waals surface area contributed by atoms with Crippen molar-refractivity contribution in [3.63, 3.8) is 0 Å². The molecule has 0 spiro atoms. The van der Waals surface area contributed by atoms with E-state index in [9.17, 15) is 4.79 Å². The number of likely N-dealkylation sites (tertiary alicyclic amines) is 1. The van der Waals surface area contributed by atoms with Crippen LogP contribution in [0.25, 0.3) is 0 Å². The van der Waals surface area contributed by atoms with Gasteiger partial charge in [-0.25, -0.2) is 4.79 Å². The quantitative estimate of drug-likeness (QED) is 0.759. The van der Waals surface area contributed by atoms with Crippen LogP contribution in [-0.4, -0.2) is 35.7 Å². The molecule has 1 aliphatic rings. The van der Waals surface area contributed by atoms with E-state index >= 15 is 0 Å². The molecule has 1 fully saturated rings. The molecular formula is C22H28N2O2. The van der Waals surface area contributed by atoms with Crippen molar-refractivity contribution >= 4 is 17.5 Å². The highest BCUT2D eigenvalue weighted by atomic mass is 16.6. The normalized spacial score (nSPS) is 15.6. The molecule has 1 saturated heterocycles. The molecule has 138 valence electrons. The van der Waals surface area contributed by atoms with E-state index in [2.05, 4.69) is 53.4 Å². The van der Waals surface area contributed by atoms with Gasteiger partial charge in [0.25, 0.3) is 0 Å². The maximum atomic E-state index is 12.3. The topological polar surface area (TPSA) is 32.8 Å². The van der Waals surface area contributed by atoms with E-state index < -0.39 is 5.60 Å². The molecule has 2 aromatic carbocycles. The number of anilines is 2. The first-order valence-corrected chi connectivity index (χ1v) is 9.31.